The van der Waals surface area contributed by atoms with E-state index in [0.717, 1.165) is 25.7 Å². The average molecular weight is 311 g/mol. The van der Waals surface area contributed by atoms with E-state index in [1.165, 1.54) is 12.4 Å². The number of hydrogen-bond donors (Lipinski definition) is 0. The molecule has 1 amide bonds. The van der Waals surface area contributed by atoms with Crippen LogP contribution in [-0.2, 0) is 20.4 Å². The topological polar surface area (TPSA) is 80.2 Å². The highest BCUT2D eigenvalue weighted by molar-refractivity contribution is 7.91. The van der Waals surface area contributed by atoms with E-state index in [1.54, 1.807) is 11.0 Å². The summed E-state index contributed by atoms with van der Waals surface area (Å²) in [5, 5.41) is 0. The minimum atomic E-state index is -3.53. The van der Waals surface area contributed by atoms with Gasteiger partial charge < -0.3 is 4.90 Å². The number of likely N-dealkylation sites (tertiary alicyclic amines) is 1. The maximum atomic E-state index is 12.3. The zero-order valence-electron chi connectivity index (χ0n) is 12.2. The maximum Gasteiger partial charge on any atom is 0.238 e. The van der Waals surface area contributed by atoms with Crippen LogP contribution >= 0.6 is 0 Å². The molecule has 1 saturated heterocycles. The number of carbonyl (C=O) groups is 1. The standard InChI is InChI=1S/C14H21N3O3S/c1-2-12-6-3-4-9-17(12)14(18)11-21(19,20)10-13-15-7-5-8-16-13/h5,7-8,12H,2-4,6,9-11H2,1H3. The van der Waals surface area contributed by atoms with Gasteiger partial charge >= 0.3 is 0 Å². The Labute approximate surface area is 125 Å². The molecule has 1 aliphatic rings. The van der Waals surface area contributed by atoms with E-state index in [0.29, 0.717) is 6.54 Å². The molecule has 0 spiro atoms. The van der Waals surface area contributed by atoms with Crippen molar-refractivity contribution in [2.45, 2.75) is 44.4 Å². The summed E-state index contributed by atoms with van der Waals surface area (Å²) in [5.74, 6) is -0.806. The van der Waals surface area contributed by atoms with E-state index in [-0.39, 0.29) is 23.5 Å². The third kappa shape index (κ3) is 4.49. The van der Waals surface area contributed by atoms with Gasteiger partial charge in [-0.05, 0) is 31.7 Å². The first-order chi connectivity index (χ1) is 10.0. The highest BCUT2D eigenvalue weighted by Crippen LogP contribution is 2.20. The zero-order chi connectivity index (χ0) is 15.3. The molecule has 0 saturated carbocycles. The zero-order valence-corrected chi connectivity index (χ0v) is 13.1. The Balaban J connectivity index is 2.00. The second kappa shape index (κ2) is 6.98. The van der Waals surface area contributed by atoms with Gasteiger partial charge in [-0.15, -0.1) is 0 Å². The van der Waals surface area contributed by atoms with Crippen LogP contribution in [-0.4, -0.2) is 47.5 Å². The molecule has 1 aromatic rings. The SMILES string of the molecule is CCC1CCCCN1C(=O)CS(=O)(=O)Cc1ncccn1. The van der Waals surface area contributed by atoms with Crippen molar-refractivity contribution in [3.63, 3.8) is 0 Å². The van der Waals surface area contributed by atoms with E-state index in [2.05, 4.69) is 9.97 Å². The van der Waals surface area contributed by atoms with Gasteiger partial charge in [-0.2, -0.15) is 0 Å². The van der Waals surface area contributed by atoms with E-state index < -0.39 is 15.6 Å². The molecular weight excluding hydrogens is 290 g/mol. The van der Waals surface area contributed by atoms with Crippen molar-refractivity contribution in [3.8, 4) is 0 Å². The third-order valence-electron chi connectivity index (χ3n) is 3.73. The lowest BCUT2D eigenvalue weighted by molar-refractivity contribution is -0.132. The van der Waals surface area contributed by atoms with Crippen LogP contribution in [0.1, 0.15) is 38.4 Å². The highest BCUT2D eigenvalue weighted by Gasteiger charge is 2.29. The number of carbonyl (C=O) groups excluding carboxylic acids is 1. The fourth-order valence-corrected chi connectivity index (χ4v) is 3.86. The molecule has 1 aliphatic heterocycles. The van der Waals surface area contributed by atoms with Crippen LogP contribution in [0.5, 0.6) is 0 Å². The lowest BCUT2D eigenvalue weighted by Gasteiger charge is -2.35. The molecule has 116 valence electrons. The quantitative estimate of drug-likeness (QED) is 0.816. The van der Waals surface area contributed by atoms with Crippen molar-refractivity contribution < 1.29 is 13.2 Å². The van der Waals surface area contributed by atoms with E-state index >= 15 is 0 Å². The first-order valence-electron chi connectivity index (χ1n) is 7.27. The fourth-order valence-electron chi connectivity index (χ4n) is 2.68. The largest absolute Gasteiger partial charge is 0.339 e. The molecular formula is C14H21N3O3S. The van der Waals surface area contributed by atoms with Gasteiger partial charge in [0.2, 0.25) is 5.91 Å². The Hall–Kier alpha value is -1.50. The molecule has 2 rings (SSSR count). The summed E-state index contributed by atoms with van der Waals surface area (Å²) in [6.07, 6.45) is 6.88. The van der Waals surface area contributed by atoms with Gasteiger partial charge in [0.05, 0.1) is 0 Å². The van der Waals surface area contributed by atoms with Crippen LogP contribution in [0.4, 0.5) is 0 Å². The van der Waals surface area contributed by atoms with Crippen molar-refractivity contribution in [3.05, 3.63) is 24.3 Å². The van der Waals surface area contributed by atoms with Gasteiger partial charge in [0.25, 0.3) is 0 Å². The predicted octanol–water partition coefficient (Wildman–Crippen LogP) is 1.18. The minimum Gasteiger partial charge on any atom is -0.339 e. The summed E-state index contributed by atoms with van der Waals surface area (Å²) in [5.41, 5.74) is 0. The number of sulfone groups is 1. The fraction of sp³-hybridized carbons (Fsp3) is 0.643. The van der Waals surface area contributed by atoms with Crippen LogP contribution in [0.15, 0.2) is 18.5 Å². The molecule has 1 aromatic heterocycles. The maximum absolute atomic E-state index is 12.3. The summed E-state index contributed by atoms with van der Waals surface area (Å²) in [6.45, 7) is 2.69. The first-order valence-corrected chi connectivity index (χ1v) is 9.10. The molecule has 0 N–H and O–H groups in total. The average Bonchev–Trinajstić information content (AvgIpc) is 2.47. The number of amides is 1. The van der Waals surface area contributed by atoms with Crippen molar-refractivity contribution in [1.82, 2.24) is 14.9 Å². The van der Waals surface area contributed by atoms with Crippen LogP contribution < -0.4 is 0 Å². The number of piperidine rings is 1. The molecule has 0 radical (unpaired) electrons. The van der Waals surface area contributed by atoms with Crippen molar-refractivity contribution >= 4 is 15.7 Å². The Morgan fingerprint density at radius 3 is 2.71 bits per heavy atom. The molecule has 0 bridgehead atoms. The summed E-state index contributed by atoms with van der Waals surface area (Å²) < 4.78 is 24.2. The molecule has 0 aromatic carbocycles. The molecule has 1 unspecified atom stereocenters. The third-order valence-corrected chi connectivity index (χ3v) is 5.12. The molecule has 1 fully saturated rings. The minimum absolute atomic E-state index is 0.175. The predicted molar refractivity (Wildman–Crippen MR) is 79.2 cm³/mol. The van der Waals surface area contributed by atoms with E-state index in [1.807, 2.05) is 6.92 Å². The molecule has 1 atom stereocenters. The van der Waals surface area contributed by atoms with Crippen LogP contribution in [0.2, 0.25) is 0 Å². The van der Waals surface area contributed by atoms with Gasteiger partial charge in [-0.1, -0.05) is 6.92 Å². The van der Waals surface area contributed by atoms with Gasteiger partial charge in [-0.3, -0.25) is 4.79 Å². The van der Waals surface area contributed by atoms with Crippen molar-refractivity contribution in [1.29, 1.82) is 0 Å². The highest BCUT2D eigenvalue weighted by atomic mass is 32.2. The Morgan fingerprint density at radius 1 is 1.33 bits per heavy atom. The van der Waals surface area contributed by atoms with Gasteiger partial charge in [0.15, 0.2) is 9.84 Å². The number of rotatable bonds is 5. The number of hydrogen-bond acceptors (Lipinski definition) is 5. The van der Waals surface area contributed by atoms with Crippen molar-refractivity contribution in [2.75, 3.05) is 12.3 Å². The van der Waals surface area contributed by atoms with Crippen LogP contribution in [0, 0.1) is 0 Å². The number of aromatic nitrogens is 2. The van der Waals surface area contributed by atoms with E-state index in [4.69, 9.17) is 0 Å². The summed E-state index contributed by atoms with van der Waals surface area (Å²) in [4.78, 5) is 21.8. The van der Waals surface area contributed by atoms with E-state index in [9.17, 15) is 13.2 Å². The van der Waals surface area contributed by atoms with Gasteiger partial charge in [0.1, 0.15) is 17.3 Å². The second-order valence-electron chi connectivity index (χ2n) is 5.34. The molecule has 2 heterocycles. The number of nitrogens with zero attached hydrogens (tertiary/aromatic N) is 3. The lowest BCUT2D eigenvalue weighted by Crippen LogP contribution is -2.45. The van der Waals surface area contributed by atoms with Crippen molar-refractivity contribution in [2.24, 2.45) is 0 Å². The molecule has 7 heteroatoms. The van der Waals surface area contributed by atoms with Crippen LogP contribution in [0.25, 0.3) is 0 Å². The van der Waals surface area contributed by atoms with Gasteiger partial charge in [0, 0.05) is 25.0 Å². The summed E-state index contributed by atoms with van der Waals surface area (Å²) in [7, 11) is -3.53. The summed E-state index contributed by atoms with van der Waals surface area (Å²) in [6, 6.07) is 1.80. The Bertz CT molecular complexity index is 574. The normalized spacial score (nSPS) is 19.5. The summed E-state index contributed by atoms with van der Waals surface area (Å²) >= 11 is 0. The second-order valence-corrected chi connectivity index (χ2v) is 7.41. The van der Waals surface area contributed by atoms with Gasteiger partial charge in [-0.25, -0.2) is 18.4 Å². The Morgan fingerprint density at radius 2 is 2.05 bits per heavy atom. The molecule has 0 aliphatic carbocycles. The Kier molecular flexibility index (Phi) is 5.27. The van der Waals surface area contributed by atoms with Crippen LogP contribution in [0.3, 0.4) is 0 Å². The molecule has 6 nitrogen and oxygen atoms in total. The lowest BCUT2D eigenvalue weighted by atomic mass is 10.0. The monoisotopic (exact) mass is 311 g/mol. The molecule has 21 heavy (non-hydrogen) atoms. The smallest absolute Gasteiger partial charge is 0.238 e. The first kappa shape index (κ1) is 15.9.